The highest BCUT2D eigenvalue weighted by atomic mass is 14.8. The summed E-state index contributed by atoms with van der Waals surface area (Å²) < 4.78 is 0. The fraction of sp³-hybridized carbons (Fsp3) is 0.273. The van der Waals surface area contributed by atoms with Gasteiger partial charge in [-0.15, -0.1) is 0 Å². The monoisotopic (exact) mass is 176 g/mol. The minimum atomic E-state index is 0.823. The molecule has 0 unspecified atom stereocenters. The van der Waals surface area contributed by atoms with Gasteiger partial charge >= 0.3 is 0 Å². The largest absolute Gasteiger partial charge is 0.399 e. The molecule has 0 bridgehead atoms. The first-order valence-electron chi connectivity index (χ1n) is 4.40. The van der Waals surface area contributed by atoms with Crippen LogP contribution >= 0.6 is 0 Å². The van der Waals surface area contributed by atoms with Crippen molar-refractivity contribution in [3.8, 4) is 0 Å². The number of anilines is 1. The van der Waals surface area contributed by atoms with Gasteiger partial charge in [0.15, 0.2) is 0 Å². The Balaban J connectivity index is 2.77. The summed E-state index contributed by atoms with van der Waals surface area (Å²) in [6, 6.07) is 6.05. The second kappa shape index (κ2) is 4.67. The molecule has 0 amide bonds. The number of likely N-dealkylation sites (N-methyl/N-ethyl adjacent to an activating group) is 1. The second-order valence-electron chi connectivity index (χ2n) is 3.14. The Morgan fingerprint density at radius 1 is 1.38 bits per heavy atom. The van der Waals surface area contributed by atoms with E-state index in [9.17, 15) is 0 Å². The number of rotatable bonds is 3. The van der Waals surface area contributed by atoms with E-state index in [2.05, 4.69) is 23.5 Å². The van der Waals surface area contributed by atoms with Crippen LogP contribution in [0, 0.1) is 6.92 Å². The van der Waals surface area contributed by atoms with Crippen molar-refractivity contribution < 1.29 is 0 Å². The number of nitrogen functional groups attached to an aromatic ring is 1. The van der Waals surface area contributed by atoms with Crippen LogP contribution in [0.15, 0.2) is 24.3 Å². The molecule has 0 aliphatic rings. The van der Waals surface area contributed by atoms with Crippen LogP contribution in [0.5, 0.6) is 0 Å². The lowest BCUT2D eigenvalue weighted by Gasteiger charge is -1.99. The number of aryl methyl sites for hydroxylation is 1. The molecule has 0 aliphatic carbocycles. The van der Waals surface area contributed by atoms with Crippen molar-refractivity contribution >= 4 is 11.8 Å². The van der Waals surface area contributed by atoms with Gasteiger partial charge in [-0.05, 0) is 37.2 Å². The fourth-order valence-electron chi connectivity index (χ4n) is 1.25. The number of benzene rings is 1. The Hall–Kier alpha value is -1.28. The van der Waals surface area contributed by atoms with Gasteiger partial charge in [0.2, 0.25) is 0 Å². The molecule has 0 fully saturated rings. The van der Waals surface area contributed by atoms with Crippen LogP contribution in [0.25, 0.3) is 6.08 Å². The minimum absolute atomic E-state index is 0.823. The number of hydrogen-bond acceptors (Lipinski definition) is 2. The molecule has 0 saturated carbocycles. The minimum Gasteiger partial charge on any atom is -0.399 e. The summed E-state index contributed by atoms with van der Waals surface area (Å²) >= 11 is 0. The zero-order chi connectivity index (χ0) is 9.68. The lowest BCUT2D eigenvalue weighted by Crippen LogP contribution is -2.03. The van der Waals surface area contributed by atoms with Crippen LogP contribution in [0.4, 0.5) is 5.69 Å². The summed E-state index contributed by atoms with van der Waals surface area (Å²) in [5.41, 5.74) is 8.90. The van der Waals surface area contributed by atoms with Crippen molar-refractivity contribution in [2.75, 3.05) is 19.3 Å². The standard InChI is InChI=1S/C11H16N2/c1-9-6-10(4-3-5-13-2)8-11(12)7-9/h3-4,6-8,13H,5,12H2,1-2H3. The Morgan fingerprint density at radius 2 is 2.15 bits per heavy atom. The molecular weight excluding hydrogens is 160 g/mol. The summed E-state index contributed by atoms with van der Waals surface area (Å²) in [7, 11) is 1.93. The van der Waals surface area contributed by atoms with Gasteiger partial charge in [0, 0.05) is 12.2 Å². The van der Waals surface area contributed by atoms with Crippen molar-refractivity contribution in [2.45, 2.75) is 6.92 Å². The van der Waals surface area contributed by atoms with Crippen molar-refractivity contribution in [3.05, 3.63) is 35.4 Å². The average Bonchev–Trinajstić information content (AvgIpc) is 2.03. The van der Waals surface area contributed by atoms with E-state index in [4.69, 9.17) is 5.73 Å². The molecule has 3 N–H and O–H groups in total. The smallest absolute Gasteiger partial charge is 0.0322 e. The predicted octanol–water partition coefficient (Wildman–Crippen LogP) is 1.81. The van der Waals surface area contributed by atoms with E-state index in [1.54, 1.807) is 0 Å². The molecule has 2 heteroatoms. The Labute approximate surface area is 79.5 Å². The molecule has 1 rings (SSSR count). The zero-order valence-corrected chi connectivity index (χ0v) is 8.17. The van der Waals surface area contributed by atoms with Crippen LogP contribution < -0.4 is 11.1 Å². The maximum Gasteiger partial charge on any atom is 0.0322 e. The summed E-state index contributed by atoms with van der Waals surface area (Å²) in [4.78, 5) is 0. The third kappa shape index (κ3) is 3.30. The van der Waals surface area contributed by atoms with Gasteiger partial charge in [-0.3, -0.25) is 0 Å². The van der Waals surface area contributed by atoms with Gasteiger partial charge in [0.05, 0.1) is 0 Å². The highest BCUT2D eigenvalue weighted by Gasteiger charge is 1.91. The van der Waals surface area contributed by atoms with E-state index in [0.29, 0.717) is 0 Å². The maximum absolute atomic E-state index is 5.71. The summed E-state index contributed by atoms with van der Waals surface area (Å²) in [6.45, 7) is 2.93. The first kappa shape index (κ1) is 9.81. The first-order chi connectivity index (χ1) is 6.22. The van der Waals surface area contributed by atoms with Crippen LogP contribution in [0.3, 0.4) is 0 Å². The highest BCUT2D eigenvalue weighted by molar-refractivity contribution is 5.57. The normalized spacial score (nSPS) is 10.9. The molecular formula is C11H16N2. The molecule has 13 heavy (non-hydrogen) atoms. The molecule has 1 aromatic carbocycles. The quantitative estimate of drug-likeness (QED) is 0.689. The Kier molecular flexibility index (Phi) is 3.53. The van der Waals surface area contributed by atoms with Gasteiger partial charge in [0.1, 0.15) is 0 Å². The molecule has 0 aliphatic heterocycles. The van der Waals surface area contributed by atoms with E-state index in [1.165, 1.54) is 5.56 Å². The van der Waals surface area contributed by atoms with Gasteiger partial charge in [-0.25, -0.2) is 0 Å². The topological polar surface area (TPSA) is 38.0 Å². The average molecular weight is 176 g/mol. The summed E-state index contributed by atoms with van der Waals surface area (Å²) in [6.07, 6.45) is 4.15. The summed E-state index contributed by atoms with van der Waals surface area (Å²) in [5.74, 6) is 0. The molecule has 0 heterocycles. The molecule has 70 valence electrons. The fourth-order valence-corrected chi connectivity index (χ4v) is 1.25. The van der Waals surface area contributed by atoms with Crippen molar-refractivity contribution in [1.29, 1.82) is 0 Å². The van der Waals surface area contributed by atoms with Crippen LogP contribution in [0.2, 0.25) is 0 Å². The van der Waals surface area contributed by atoms with E-state index < -0.39 is 0 Å². The first-order valence-corrected chi connectivity index (χ1v) is 4.40. The third-order valence-corrected chi connectivity index (χ3v) is 1.75. The van der Waals surface area contributed by atoms with E-state index in [-0.39, 0.29) is 0 Å². The molecule has 1 aromatic rings. The Morgan fingerprint density at radius 3 is 2.77 bits per heavy atom. The second-order valence-corrected chi connectivity index (χ2v) is 3.14. The van der Waals surface area contributed by atoms with Crippen LogP contribution in [0.1, 0.15) is 11.1 Å². The molecule has 0 radical (unpaired) electrons. The zero-order valence-electron chi connectivity index (χ0n) is 8.17. The summed E-state index contributed by atoms with van der Waals surface area (Å²) in [5, 5.41) is 3.05. The van der Waals surface area contributed by atoms with Crippen LogP contribution in [-0.2, 0) is 0 Å². The predicted molar refractivity (Wildman–Crippen MR) is 58.6 cm³/mol. The number of nitrogens with one attached hydrogen (secondary N) is 1. The van der Waals surface area contributed by atoms with Gasteiger partial charge in [-0.2, -0.15) is 0 Å². The SMILES string of the molecule is CNCC=Cc1cc(C)cc(N)c1. The van der Waals surface area contributed by atoms with E-state index >= 15 is 0 Å². The van der Waals surface area contributed by atoms with E-state index in [0.717, 1.165) is 17.8 Å². The number of hydrogen-bond donors (Lipinski definition) is 2. The van der Waals surface area contributed by atoms with Crippen LogP contribution in [-0.4, -0.2) is 13.6 Å². The maximum atomic E-state index is 5.71. The lowest BCUT2D eigenvalue weighted by atomic mass is 10.1. The molecule has 2 nitrogen and oxygen atoms in total. The van der Waals surface area contributed by atoms with Gasteiger partial charge in [0.25, 0.3) is 0 Å². The third-order valence-electron chi connectivity index (χ3n) is 1.75. The number of nitrogens with two attached hydrogens (primary N) is 1. The Bertz CT molecular complexity index is 283. The highest BCUT2D eigenvalue weighted by Crippen LogP contribution is 2.12. The molecule has 0 spiro atoms. The van der Waals surface area contributed by atoms with Gasteiger partial charge in [-0.1, -0.05) is 18.2 Å². The molecule has 0 atom stereocenters. The molecule has 0 aromatic heterocycles. The van der Waals surface area contributed by atoms with Gasteiger partial charge < -0.3 is 11.1 Å². The van der Waals surface area contributed by atoms with Crippen molar-refractivity contribution in [2.24, 2.45) is 0 Å². The van der Waals surface area contributed by atoms with E-state index in [1.807, 2.05) is 26.1 Å². The molecule has 0 saturated heterocycles. The van der Waals surface area contributed by atoms with Crippen molar-refractivity contribution in [1.82, 2.24) is 5.32 Å². The van der Waals surface area contributed by atoms with Crippen molar-refractivity contribution in [3.63, 3.8) is 0 Å². The lowest BCUT2D eigenvalue weighted by molar-refractivity contribution is 0.922.